The van der Waals surface area contributed by atoms with Crippen molar-refractivity contribution in [2.24, 2.45) is 0 Å². The fourth-order valence-electron chi connectivity index (χ4n) is 1.69. The molecule has 2 aromatic carbocycles. The quantitative estimate of drug-likeness (QED) is 0.772. The lowest BCUT2D eigenvalue weighted by atomic mass is 10.2. The summed E-state index contributed by atoms with van der Waals surface area (Å²) in [7, 11) is 3.13. The van der Waals surface area contributed by atoms with E-state index in [9.17, 15) is 4.79 Å². The van der Waals surface area contributed by atoms with Gasteiger partial charge in [-0.2, -0.15) is 0 Å². The molecule has 0 aromatic heterocycles. The van der Waals surface area contributed by atoms with Gasteiger partial charge in [0.05, 0.1) is 14.2 Å². The van der Waals surface area contributed by atoms with Crippen LogP contribution in [0, 0.1) is 0 Å². The average molecular weight is 337 g/mol. The van der Waals surface area contributed by atoms with Crippen LogP contribution in [0.4, 0.5) is 0 Å². The van der Waals surface area contributed by atoms with Gasteiger partial charge in [0.15, 0.2) is 17.8 Å². The summed E-state index contributed by atoms with van der Waals surface area (Å²) in [5.41, 5.74) is 0.531. The summed E-state index contributed by atoms with van der Waals surface area (Å²) in [5, 5.41) is 0. The molecule has 0 bridgehead atoms. The molecular formula is C15H13BrO4. The summed E-state index contributed by atoms with van der Waals surface area (Å²) in [5.74, 6) is 2.38. The Morgan fingerprint density at radius 3 is 2.25 bits per heavy atom. The molecule has 0 saturated heterocycles. The lowest BCUT2D eigenvalue weighted by Gasteiger charge is -2.11. The Morgan fingerprint density at radius 1 is 0.950 bits per heavy atom. The zero-order valence-electron chi connectivity index (χ0n) is 11.1. The van der Waals surface area contributed by atoms with Crippen molar-refractivity contribution in [1.29, 1.82) is 0 Å². The molecule has 0 atom stereocenters. The third-order valence-electron chi connectivity index (χ3n) is 2.69. The monoisotopic (exact) mass is 336 g/mol. The number of methoxy groups -OCH3 is 2. The second kappa shape index (κ2) is 6.43. The number of rotatable bonds is 5. The van der Waals surface area contributed by atoms with Gasteiger partial charge in [-0.25, -0.2) is 0 Å². The third-order valence-corrected chi connectivity index (χ3v) is 3.41. The predicted molar refractivity (Wildman–Crippen MR) is 79.1 cm³/mol. The average Bonchev–Trinajstić information content (AvgIpc) is 2.49. The minimum absolute atomic E-state index is 0.531. The topological polar surface area (TPSA) is 44.8 Å². The Labute approximate surface area is 125 Å². The highest BCUT2D eigenvalue weighted by molar-refractivity contribution is 9.10. The first-order valence-electron chi connectivity index (χ1n) is 5.82. The highest BCUT2D eigenvalue weighted by Gasteiger charge is 2.07. The van der Waals surface area contributed by atoms with E-state index in [2.05, 4.69) is 15.9 Å². The largest absolute Gasteiger partial charge is 0.493 e. The molecule has 0 N–H and O–H groups in total. The molecule has 0 saturated carbocycles. The second-order valence-corrected chi connectivity index (χ2v) is 4.77. The van der Waals surface area contributed by atoms with Crippen LogP contribution >= 0.6 is 15.9 Å². The van der Waals surface area contributed by atoms with Gasteiger partial charge in [0.2, 0.25) is 0 Å². The van der Waals surface area contributed by atoms with Crippen LogP contribution in [-0.4, -0.2) is 20.5 Å². The van der Waals surface area contributed by atoms with E-state index < -0.39 is 0 Å². The normalized spacial score (nSPS) is 9.95. The van der Waals surface area contributed by atoms with E-state index >= 15 is 0 Å². The van der Waals surface area contributed by atoms with E-state index in [-0.39, 0.29) is 0 Å². The fraction of sp³-hybridized carbons (Fsp3) is 0.133. The number of hydrogen-bond acceptors (Lipinski definition) is 4. The Bertz CT molecular complexity index is 625. The van der Waals surface area contributed by atoms with E-state index in [0.717, 1.165) is 10.8 Å². The van der Waals surface area contributed by atoms with Crippen molar-refractivity contribution in [1.82, 2.24) is 0 Å². The smallest absolute Gasteiger partial charge is 0.164 e. The minimum Gasteiger partial charge on any atom is -0.493 e. The summed E-state index contributed by atoms with van der Waals surface area (Å²) in [6, 6.07) is 10.4. The molecule has 0 amide bonds. The first-order chi connectivity index (χ1) is 9.67. The van der Waals surface area contributed by atoms with Gasteiger partial charge in [-0.05, 0) is 30.3 Å². The van der Waals surface area contributed by atoms with E-state index in [0.29, 0.717) is 28.6 Å². The molecule has 0 spiro atoms. The predicted octanol–water partition coefficient (Wildman–Crippen LogP) is 4.07. The minimum atomic E-state index is 0.531. The fourth-order valence-corrected chi connectivity index (χ4v) is 2.03. The maximum atomic E-state index is 10.9. The summed E-state index contributed by atoms with van der Waals surface area (Å²) in [6.45, 7) is 0. The molecule has 0 unspecified atom stereocenters. The van der Waals surface area contributed by atoms with Gasteiger partial charge in [0.25, 0.3) is 0 Å². The molecule has 0 aliphatic carbocycles. The number of hydrogen-bond donors (Lipinski definition) is 0. The van der Waals surface area contributed by atoms with Crippen LogP contribution < -0.4 is 14.2 Å². The van der Waals surface area contributed by atoms with Crippen LogP contribution in [0.3, 0.4) is 0 Å². The van der Waals surface area contributed by atoms with E-state index in [4.69, 9.17) is 14.2 Å². The summed E-state index contributed by atoms with van der Waals surface area (Å²) in [6.07, 6.45) is 0.769. The molecule has 5 heteroatoms. The van der Waals surface area contributed by atoms with Crippen LogP contribution in [0.1, 0.15) is 10.4 Å². The standard InChI is InChI=1S/C15H13BrO4/c1-18-14-6-4-12(8-15(14)19-2)20-11-3-5-13(16)10(7-11)9-17/h3-9H,1-2H3. The molecule has 0 aliphatic heterocycles. The van der Waals surface area contributed by atoms with Gasteiger partial charge in [-0.3, -0.25) is 4.79 Å². The molecular weight excluding hydrogens is 324 g/mol. The zero-order valence-corrected chi connectivity index (χ0v) is 12.6. The number of benzene rings is 2. The lowest BCUT2D eigenvalue weighted by Crippen LogP contribution is -1.92. The van der Waals surface area contributed by atoms with Crippen molar-refractivity contribution in [3.05, 3.63) is 46.4 Å². The van der Waals surface area contributed by atoms with Crippen molar-refractivity contribution < 1.29 is 19.0 Å². The molecule has 0 fully saturated rings. The Morgan fingerprint density at radius 2 is 1.60 bits per heavy atom. The van der Waals surface area contributed by atoms with Crippen molar-refractivity contribution in [2.75, 3.05) is 14.2 Å². The molecule has 4 nitrogen and oxygen atoms in total. The van der Waals surface area contributed by atoms with Gasteiger partial charge < -0.3 is 14.2 Å². The maximum Gasteiger partial charge on any atom is 0.164 e. The van der Waals surface area contributed by atoms with E-state index in [1.54, 1.807) is 50.6 Å². The SMILES string of the molecule is COc1ccc(Oc2ccc(Br)c(C=O)c2)cc1OC. The Balaban J connectivity index is 2.28. The van der Waals surface area contributed by atoms with Gasteiger partial charge in [0.1, 0.15) is 11.5 Å². The molecule has 0 heterocycles. The number of ether oxygens (including phenoxy) is 3. The summed E-state index contributed by atoms with van der Waals surface area (Å²) >= 11 is 3.29. The molecule has 2 rings (SSSR count). The Hall–Kier alpha value is -2.01. The first-order valence-corrected chi connectivity index (χ1v) is 6.62. The van der Waals surface area contributed by atoms with Crippen molar-refractivity contribution >= 4 is 22.2 Å². The molecule has 0 radical (unpaired) electrons. The van der Waals surface area contributed by atoms with E-state index in [1.807, 2.05) is 0 Å². The summed E-state index contributed by atoms with van der Waals surface area (Å²) < 4.78 is 16.8. The number of carbonyl (C=O) groups excluding carboxylic acids is 1. The van der Waals surface area contributed by atoms with Gasteiger partial charge in [0, 0.05) is 16.1 Å². The summed E-state index contributed by atoms with van der Waals surface area (Å²) in [4.78, 5) is 10.9. The van der Waals surface area contributed by atoms with Crippen LogP contribution in [0.25, 0.3) is 0 Å². The van der Waals surface area contributed by atoms with Gasteiger partial charge in [-0.1, -0.05) is 15.9 Å². The van der Waals surface area contributed by atoms with Crippen LogP contribution in [0.2, 0.25) is 0 Å². The molecule has 0 aliphatic rings. The molecule has 2 aromatic rings. The Kier molecular flexibility index (Phi) is 4.63. The third kappa shape index (κ3) is 3.11. The first kappa shape index (κ1) is 14.4. The second-order valence-electron chi connectivity index (χ2n) is 3.92. The van der Waals surface area contributed by atoms with E-state index in [1.165, 1.54) is 0 Å². The number of carbonyl (C=O) groups is 1. The number of halogens is 1. The van der Waals surface area contributed by atoms with Crippen molar-refractivity contribution in [2.45, 2.75) is 0 Å². The van der Waals surface area contributed by atoms with Gasteiger partial charge >= 0.3 is 0 Å². The highest BCUT2D eigenvalue weighted by Crippen LogP contribution is 2.33. The van der Waals surface area contributed by atoms with Gasteiger partial charge in [-0.15, -0.1) is 0 Å². The highest BCUT2D eigenvalue weighted by atomic mass is 79.9. The van der Waals surface area contributed by atoms with Crippen molar-refractivity contribution in [3.63, 3.8) is 0 Å². The number of aldehydes is 1. The lowest BCUT2D eigenvalue weighted by molar-refractivity contribution is 0.112. The molecule has 20 heavy (non-hydrogen) atoms. The van der Waals surface area contributed by atoms with Crippen LogP contribution in [-0.2, 0) is 0 Å². The van der Waals surface area contributed by atoms with Crippen LogP contribution in [0.15, 0.2) is 40.9 Å². The van der Waals surface area contributed by atoms with Crippen LogP contribution in [0.5, 0.6) is 23.0 Å². The van der Waals surface area contributed by atoms with Crippen molar-refractivity contribution in [3.8, 4) is 23.0 Å². The zero-order chi connectivity index (χ0) is 14.5. The maximum absolute atomic E-state index is 10.9. The molecule has 104 valence electrons.